The summed E-state index contributed by atoms with van der Waals surface area (Å²) in [6, 6.07) is 0.122. The van der Waals surface area contributed by atoms with Gasteiger partial charge in [-0.25, -0.2) is 4.79 Å². The van der Waals surface area contributed by atoms with Crippen LogP contribution in [-0.4, -0.2) is 92.2 Å². The largest absolute Gasteiger partial charge is 0.379 e. The second-order valence-electron chi connectivity index (χ2n) is 7.06. The van der Waals surface area contributed by atoms with Crippen molar-refractivity contribution < 1.29 is 14.3 Å². The van der Waals surface area contributed by atoms with Crippen LogP contribution in [0.5, 0.6) is 0 Å². The summed E-state index contributed by atoms with van der Waals surface area (Å²) >= 11 is 0. The van der Waals surface area contributed by atoms with Gasteiger partial charge < -0.3 is 19.9 Å². The Morgan fingerprint density at radius 2 is 1.92 bits per heavy atom. The van der Waals surface area contributed by atoms with E-state index < -0.39 is 0 Å². The SMILES string of the molecule is CNC(=O)N1CCCC(N(CCN2CCOCC2)C(=O)C2CC2)C1. The van der Waals surface area contributed by atoms with Crippen LogP contribution in [0.1, 0.15) is 25.7 Å². The average molecular weight is 338 g/mol. The van der Waals surface area contributed by atoms with Gasteiger partial charge in [0.15, 0.2) is 0 Å². The fraction of sp³-hybridized carbons (Fsp3) is 0.882. The van der Waals surface area contributed by atoms with Gasteiger partial charge in [-0.15, -0.1) is 0 Å². The van der Waals surface area contributed by atoms with Crippen LogP contribution in [0, 0.1) is 5.92 Å². The first-order valence-corrected chi connectivity index (χ1v) is 9.26. The van der Waals surface area contributed by atoms with Gasteiger partial charge in [-0.2, -0.15) is 0 Å². The molecule has 0 bridgehead atoms. The minimum Gasteiger partial charge on any atom is -0.379 e. The first-order valence-electron chi connectivity index (χ1n) is 9.26. The summed E-state index contributed by atoms with van der Waals surface area (Å²) in [4.78, 5) is 31.0. The van der Waals surface area contributed by atoms with Crippen molar-refractivity contribution in [2.75, 3.05) is 59.5 Å². The van der Waals surface area contributed by atoms with E-state index in [1.807, 2.05) is 4.90 Å². The molecule has 1 unspecified atom stereocenters. The first-order chi connectivity index (χ1) is 11.7. The minimum atomic E-state index is -0.0355. The van der Waals surface area contributed by atoms with Gasteiger partial charge in [-0.3, -0.25) is 9.69 Å². The molecule has 2 heterocycles. The third-order valence-electron chi connectivity index (χ3n) is 5.31. The smallest absolute Gasteiger partial charge is 0.317 e. The molecule has 0 aromatic heterocycles. The summed E-state index contributed by atoms with van der Waals surface area (Å²) in [6.07, 6.45) is 4.01. The quantitative estimate of drug-likeness (QED) is 0.786. The molecular formula is C17H30N4O3. The van der Waals surface area contributed by atoms with Gasteiger partial charge in [0.2, 0.25) is 5.91 Å². The molecule has 2 aliphatic heterocycles. The van der Waals surface area contributed by atoms with Crippen molar-refractivity contribution in [3.05, 3.63) is 0 Å². The number of hydrogen-bond acceptors (Lipinski definition) is 4. The lowest BCUT2D eigenvalue weighted by Gasteiger charge is -2.40. The van der Waals surface area contributed by atoms with E-state index in [-0.39, 0.29) is 18.0 Å². The Hall–Kier alpha value is -1.34. The molecule has 7 heteroatoms. The predicted molar refractivity (Wildman–Crippen MR) is 90.7 cm³/mol. The van der Waals surface area contributed by atoms with Gasteiger partial charge >= 0.3 is 6.03 Å². The molecule has 1 atom stereocenters. The molecule has 1 saturated carbocycles. The number of nitrogens with zero attached hydrogens (tertiary/aromatic N) is 3. The fourth-order valence-electron chi connectivity index (χ4n) is 3.66. The van der Waals surface area contributed by atoms with E-state index in [1.54, 1.807) is 7.05 Å². The second kappa shape index (κ2) is 8.16. The van der Waals surface area contributed by atoms with Gasteiger partial charge in [0, 0.05) is 58.3 Å². The highest BCUT2D eigenvalue weighted by Crippen LogP contribution is 2.32. The van der Waals surface area contributed by atoms with E-state index in [2.05, 4.69) is 15.1 Å². The zero-order valence-electron chi connectivity index (χ0n) is 14.7. The number of piperidine rings is 1. The Morgan fingerprint density at radius 1 is 1.17 bits per heavy atom. The van der Waals surface area contributed by atoms with Crippen molar-refractivity contribution in [1.82, 2.24) is 20.0 Å². The van der Waals surface area contributed by atoms with Crippen molar-refractivity contribution in [3.63, 3.8) is 0 Å². The van der Waals surface area contributed by atoms with Crippen molar-refractivity contribution >= 4 is 11.9 Å². The number of amides is 3. The topological polar surface area (TPSA) is 65.1 Å². The molecule has 2 saturated heterocycles. The van der Waals surface area contributed by atoms with Crippen molar-refractivity contribution in [3.8, 4) is 0 Å². The highest BCUT2D eigenvalue weighted by Gasteiger charge is 2.38. The fourth-order valence-corrected chi connectivity index (χ4v) is 3.66. The number of morpholine rings is 1. The maximum Gasteiger partial charge on any atom is 0.317 e. The van der Waals surface area contributed by atoms with Gasteiger partial charge in [0.25, 0.3) is 0 Å². The van der Waals surface area contributed by atoms with Crippen LogP contribution >= 0.6 is 0 Å². The summed E-state index contributed by atoms with van der Waals surface area (Å²) in [5, 5.41) is 2.70. The van der Waals surface area contributed by atoms with E-state index in [0.29, 0.717) is 12.5 Å². The van der Waals surface area contributed by atoms with Gasteiger partial charge in [0.1, 0.15) is 0 Å². The van der Waals surface area contributed by atoms with Gasteiger partial charge in [0.05, 0.1) is 13.2 Å². The Balaban J connectivity index is 1.60. The molecule has 1 aliphatic carbocycles. The van der Waals surface area contributed by atoms with E-state index in [9.17, 15) is 9.59 Å². The maximum atomic E-state index is 12.8. The van der Waals surface area contributed by atoms with E-state index in [4.69, 9.17) is 4.74 Å². The predicted octanol–water partition coefficient (Wildman–Crippen LogP) is 0.361. The molecule has 7 nitrogen and oxygen atoms in total. The monoisotopic (exact) mass is 338 g/mol. The van der Waals surface area contributed by atoms with Crippen LogP contribution in [0.3, 0.4) is 0 Å². The summed E-state index contributed by atoms with van der Waals surface area (Å²) in [6.45, 7) is 6.56. The van der Waals surface area contributed by atoms with Crippen LogP contribution < -0.4 is 5.32 Å². The number of nitrogens with one attached hydrogen (secondary N) is 1. The van der Waals surface area contributed by atoms with Gasteiger partial charge in [-0.1, -0.05) is 0 Å². The highest BCUT2D eigenvalue weighted by atomic mass is 16.5. The van der Waals surface area contributed by atoms with E-state index in [1.165, 1.54) is 0 Å². The lowest BCUT2D eigenvalue weighted by atomic mass is 10.0. The molecule has 3 amide bonds. The molecule has 3 rings (SSSR count). The number of carbonyl (C=O) groups is 2. The Morgan fingerprint density at radius 3 is 2.58 bits per heavy atom. The number of likely N-dealkylation sites (tertiary alicyclic amines) is 1. The number of hydrogen-bond donors (Lipinski definition) is 1. The van der Waals surface area contributed by atoms with Crippen LogP contribution in [0.2, 0.25) is 0 Å². The van der Waals surface area contributed by atoms with Gasteiger partial charge in [-0.05, 0) is 25.7 Å². The van der Waals surface area contributed by atoms with Crippen LogP contribution in [-0.2, 0) is 9.53 Å². The molecule has 3 aliphatic rings. The summed E-state index contributed by atoms with van der Waals surface area (Å²) in [7, 11) is 1.66. The van der Waals surface area contributed by atoms with Crippen molar-refractivity contribution in [2.45, 2.75) is 31.7 Å². The number of ether oxygens (including phenoxy) is 1. The Bertz CT molecular complexity index is 449. The van der Waals surface area contributed by atoms with Crippen LogP contribution in [0.15, 0.2) is 0 Å². The molecule has 3 fully saturated rings. The molecule has 0 aromatic rings. The van der Waals surface area contributed by atoms with Crippen LogP contribution in [0.4, 0.5) is 4.79 Å². The lowest BCUT2D eigenvalue weighted by Crippen LogP contribution is -2.55. The molecule has 136 valence electrons. The number of urea groups is 1. The molecular weight excluding hydrogens is 308 g/mol. The highest BCUT2D eigenvalue weighted by molar-refractivity contribution is 5.81. The summed E-state index contributed by atoms with van der Waals surface area (Å²) in [5.41, 5.74) is 0. The second-order valence-corrected chi connectivity index (χ2v) is 7.06. The molecule has 1 N–H and O–H groups in total. The normalized spacial score (nSPS) is 25.4. The van der Waals surface area contributed by atoms with Crippen molar-refractivity contribution in [2.24, 2.45) is 5.92 Å². The van der Waals surface area contributed by atoms with E-state index >= 15 is 0 Å². The third kappa shape index (κ3) is 4.39. The van der Waals surface area contributed by atoms with Crippen molar-refractivity contribution in [1.29, 1.82) is 0 Å². The molecule has 0 aromatic carbocycles. The number of rotatable bonds is 5. The molecule has 24 heavy (non-hydrogen) atoms. The minimum absolute atomic E-state index is 0.0355. The third-order valence-corrected chi connectivity index (χ3v) is 5.31. The Labute approximate surface area is 144 Å². The number of carbonyl (C=O) groups excluding carboxylic acids is 2. The average Bonchev–Trinajstić information content (AvgIpc) is 3.47. The lowest BCUT2D eigenvalue weighted by molar-refractivity contribution is -0.136. The zero-order chi connectivity index (χ0) is 16.9. The van der Waals surface area contributed by atoms with E-state index in [0.717, 1.165) is 71.6 Å². The van der Waals surface area contributed by atoms with Crippen LogP contribution in [0.25, 0.3) is 0 Å². The maximum absolute atomic E-state index is 12.8. The first kappa shape index (κ1) is 17.5. The summed E-state index contributed by atoms with van der Waals surface area (Å²) < 4.78 is 5.40. The Kier molecular flexibility index (Phi) is 5.94. The zero-order valence-corrected chi connectivity index (χ0v) is 14.7. The summed E-state index contributed by atoms with van der Waals surface area (Å²) in [5.74, 6) is 0.525. The molecule has 0 spiro atoms. The molecule has 0 radical (unpaired) electrons. The standard InChI is InChI=1S/C17H30N4O3/c1-18-17(23)20-6-2-3-15(13-20)21(16(22)14-4-5-14)8-7-19-9-11-24-12-10-19/h14-15H,2-13H2,1H3,(H,18,23).